The number of hydrogen-bond acceptors (Lipinski definition) is 0. The lowest BCUT2D eigenvalue weighted by molar-refractivity contribution is 0.574. The molecule has 0 amide bonds. The van der Waals surface area contributed by atoms with Gasteiger partial charge in [-0.2, -0.15) is 0 Å². The normalized spacial score (nSPS) is 12.5. The minimum absolute atomic E-state index is 0.313. The van der Waals surface area contributed by atoms with Gasteiger partial charge in [-0.3, -0.25) is 0 Å². The van der Waals surface area contributed by atoms with Crippen LogP contribution in [-0.2, 0) is 0 Å². The Labute approximate surface area is 121 Å². The zero-order valence-electron chi connectivity index (χ0n) is 9.55. The fourth-order valence-electron chi connectivity index (χ4n) is 1.74. The number of hydrogen-bond donors (Lipinski definition) is 0. The Balaban J connectivity index is 2.48. The lowest BCUT2D eigenvalue weighted by Crippen LogP contribution is -1.99. The van der Waals surface area contributed by atoms with Gasteiger partial charge in [-0.15, -0.1) is 0 Å². The van der Waals surface area contributed by atoms with Crippen molar-refractivity contribution in [1.29, 1.82) is 0 Å². The van der Waals surface area contributed by atoms with Crippen LogP contribution in [0.5, 0.6) is 0 Å². The molecule has 0 aliphatic heterocycles. The molecule has 0 fully saturated rings. The van der Waals surface area contributed by atoms with E-state index >= 15 is 0 Å². The lowest BCUT2D eigenvalue weighted by Gasteiger charge is -2.15. The van der Waals surface area contributed by atoms with Crippen LogP contribution in [0.4, 0.5) is 8.78 Å². The molecule has 0 bridgehead atoms. The topological polar surface area (TPSA) is 0 Å². The van der Waals surface area contributed by atoms with Crippen LogP contribution in [0.2, 0.25) is 0 Å². The van der Waals surface area contributed by atoms with Crippen molar-refractivity contribution >= 4 is 31.9 Å². The van der Waals surface area contributed by atoms with E-state index in [0.29, 0.717) is 5.56 Å². The van der Waals surface area contributed by atoms with Crippen LogP contribution in [-0.4, -0.2) is 0 Å². The average Bonchev–Trinajstić information content (AvgIpc) is 2.32. The maximum atomic E-state index is 13.7. The number of alkyl halides is 1. The molecule has 0 radical (unpaired) electrons. The molecule has 0 heterocycles. The van der Waals surface area contributed by atoms with Gasteiger partial charge < -0.3 is 0 Å². The third-order valence-corrected chi connectivity index (χ3v) is 4.80. The summed E-state index contributed by atoms with van der Waals surface area (Å²) in [6.07, 6.45) is 0. The second-order valence-electron chi connectivity index (χ2n) is 4.01. The highest BCUT2D eigenvalue weighted by Crippen LogP contribution is 2.37. The average molecular weight is 376 g/mol. The molecule has 2 rings (SSSR count). The maximum Gasteiger partial charge on any atom is 0.130 e. The summed E-state index contributed by atoms with van der Waals surface area (Å²) in [6, 6.07) is 9.39. The summed E-state index contributed by atoms with van der Waals surface area (Å²) in [6.45, 7) is 1.97. The molecule has 2 aromatic rings. The summed E-state index contributed by atoms with van der Waals surface area (Å²) in [7, 11) is 0. The molecule has 1 atom stereocenters. The third-order valence-electron chi connectivity index (χ3n) is 2.73. The number of rotatable bonds is 2. The zero-order chi connectivity index (χ0) is 13.3. The van der Waals surface area contributed by atoms with E-state index in [4.69, 9.17) is 0 Å². The first-order valence-corrected chi connectivity index (χ1v) is 7.05. The number of halogens is 4. The van der Waals surface area contributed by atoms with Crippen molar-refractivity contribution in [2.24, 2.45) is 0 Å². The van der Waals surface area contributed by atoms with E-state index in [1.54, 1.807) is 0 Å². The molecule has 4 heteroatoms. The van der Waals surface area contributed by atoms with Crippen molar-refractivity contribution < 1.29 is 8.78 Å². The molecule has 0 aliphatic carbocycles. The minimum atomic E-state index is -0.570. The Bertz CT molecular complexity index is 582. The van der Waals surface area contributed by atoms with Crippen LogP contribution in [0.25, 0.3) is 0 Å². The Morgan fingerprint density at radius 2 is 1.78 bits per heavy atom. The number of aryl methyl sites for hydroxylation is 1. The predicted molar refractivity (Wildman–Crippen MR) is 76.0 cm³/mol. The maximum absolute atomic E-state index is 13.7. The van der Waals surface area contributed by atoms with E-state index < -0.39 is 11.6 Å². The molecule has 2 aromatic carbocycles. The lowest BCUT2D eigenvalue weighted by atomic mass is 10.0. The minimum Gasteiger partial charge on any atom is -0.207 e. The van der Waals surface area contributed by atoms with Gasteiger partial charge in [-0.05, 0) is 24.1 Å². The third kappa shape index (κ3) is 2.64. The molecule has 0 nitrogen and oxygen atoms in total. The molecule has 0 spiro atoms. The van der Waals surface area contributed by atoms with Crippen LogP contribution in [0, 0.1) is 18.6 Å². The van der Waals surface area contributed by atoms with Gasteiger partial charge in [0.25, 0.3) is 0 Å². The van der Waals surface area contributed by atoms with E-state index in [0.717, 1.165) is 21.7 Å². The van der Waals surface area contributed by atoms with Crippen LogP contribution in [0.3, 0.4) is 0 Å². The smallest absolute Gasteiger partial charge is 0.130 e. The molecule has 0 N–H and O–H groups in total. The monoisotopic (exact) mass is 374 g/mol. The van der Waals surface area contributed by atoms with E-state index in [1.165, 1.54) is 12.1 Å². The van der Waals surface area contributed by atoms with Gasteiger partial charge in [0, 0.05) is 16.1 Å². The summed E-state index contributed by atoms with van der Waals surface area (Å²) in [5, 5.41) is 0. The van der Waals surface area contributed by atoms with Gasteiger partial charge in [0.2, 0.25) is 0 Å². The first kappa shape index (κ1) is 13.7. The standard InChI is InChI=1S/C14H10Br2F2/c1-8-3-2-4-11(13(8)15)14(16)10-6-5-9(17)7-12(10)18/h2-7,14H,1H3. The molecule has 0 saturated carbocycles. The van der Waals surface area contributed by atoms with Crippen molar-refractivity contribution in [3.8, 4) is 0 Å². The first-order valence-electron chi connectivity index (χ1n) is 5.34. The highest BCUT2D eigenvalue weighted by Gasteiger charge is 2.18. The van der Waals surface area contributed by atoms with Gasteiger partial charge in [0.05, 0.1) is 4.83 Å². The summed E-state index contributed by atoms with van der Waals surface area (Å²) >= 11 is 6.95. The van der Waals surface area contributed by atoms with Crippen molar-refractivity contribution in [3.05, 3.63) is 69.2 Å². The van der Waals surface area contributed by atoms with E-state index in [1.807, 2.05) is 25.1 Å². The second-order valence-corrected chi connectivity index (χ2v) is 5.72. The molecule has 18 heavy (non-hydrogen) atoms. The summed E-state index contributed by atoms with van der Waals surface area (Å²) < 4.78 is 27.6. The molecular formula is C14H10Br2F2. The van der Waals surface area contributed by atoms with Crippen LogP contribution in [0.1, 0.15) is 21.5 Å². The van der Waals surface area contributed by atoms with Gasteiger partial charge in [0.15, 0.2) is 0 Å². The van der Waals surface area contributed by atoms with Gasteiger partial charge in [-0.25, -0.2) is 8.78 Å². The quantitative estimate of drug-likeness (QED) is 0.606. The Morgan fingerprint density at radius 3 is 2.44 bits per heavy atom. The van der Waals surface area contributed by atoms with Crippen LogP contribution >= 0.6 is 31.9 Å². The van der Waals surface area contributed by atoms with Crippen molar-refractivity contribution in [1.82, 2.24) is 0 Å². The van der Waals surface area contributed by atoms with E-state index in [9.17, 15) is 8.78 Å². The summed E-state index contributed by atoms with van der Waals surface area (Å²) in [5.74, 6) is -1.12. The van der Waals surface area contributed by atoms with Crippen molar-refractivity contribution in [3.63, 3.8) is 0 Å². The van der Waals surface area contributed by atoms with E-state index in [-0.39, 0.29) is 4.83 Å². The molecule has 0 aliphatic rings. The molecular weight excluding hydrogens is 366 g/mol. The van der Waals surface area contributed by atoms with Crippen molar-refractivity contribution in [2.45, 2.75) is 11.8 Å². The van der Waals surface area contributed by atoms with Crippen molar-refractivity contribution in [2.75, 3.05) is 0 Å². The first-order chi connectivity index (χ1) is 8.50. The summed E-state index contributed by atoms with van der Waals surface area (Å²) in [4.78, 5) is -0.313. The van der Waals surface area contributed by atoms with Crippen LogP contribution < -0.4 is 0 Å². The SMILES string of the molecule is Cc1cccc(C(Br)c2ccc(F)cc2F)c1Br. The highest BCUT2D eigenvalue weighted by molar-refractivity contribution is 9.11. The highest BCUT2D eigenvalue weighted by atomic mass is 79.9. The molecule has 0 saturated heterocycles. The Hall–Kier alpha value is -0.740. The molecule has 1 unspecified atom stereocenters. The van der Waals surface area contributed by atoms with Gasteiger partial charge in [0.1, 0.15) is 11.6 Å². The molecule has 94 valence electrons. The largest absolute Gasteiger partial charge is 0.207 e. The predicted octanol–water partition coefficient (Wildman–Crippen LogP) is 5.52. The molecule has 0 aromatic heterocycles. The fourth-order valence-corrected chi connectivity index (χ4v) is 3.29. The van der Waals surface area contributed by atoms with Gasteiger partial charge in [-0.1, -0.05) is 56.1 Å². The van der Waals surface area contributed by atoms with Crippen LogP contribution in [0.15, 0.2) is 40.9 Å². The summed E-state index contributed by atoms with van der Waals surface area (Å²) in [5.41, 5.74) is 2.41. The van der Waals surface area contributed by atoms with Gasteiger partial charge >= 0.3 is 0 Å². The Morgan fingerprint density at radius 1 is 1.06 bits per heavy atom. The zero-order valence-corrected chi connectivity index (χ0v) is 12.7. The second kappa shape index (κ2) is 5.49. The fraction of sp³-hybridized carbons (Fsp3) is 0.143. The number of benzene rings is 2. The van der Waals surface area contributed by atoms with E-state index in [2.05, 4.69) is 31.9 Å². The Kier molecular flexibility index (Phi) is 4.17.